The predicted molar refractivity (Wildman–Crippen MR) is 96.0 cm³/mol. The number of hydrogen-bond donors (Lipinski definition) is 3. The molecule has 25 heavy (non-hydrogen) atoms. The van der Waals surface area contributed by atoms with Gasteiger partial charge in [-0.15, -0.1) is 0 Å². The third-order valence-electron chi connectivity index (χ3n) is 3.92. The average molecular weight is 334 g/mol. The summed E-state index contributed by atoms with van der Waals surface area (Å²) in [4.78, 5) is 23.8. The molecule has 5 heteroatoms. The lowest BCUT2D eigenvalue weighted by Crippen LogP contribution is -2.41. The number of hydrogen-bond acceptors (Lipinski definition) is 3. The topological polar surface area (TPSA) is 78.4 Å². The molecule has 0 aliphatic carbocycles. The molecule has 5 nitrogen and oxygen atoms in total. The molecule has 0 aliphatic rings. The molecule has 0 bridgehead atoms. The van der Waals surface area contributed by atoms with Gasteiger partial charge in [-0.3, -0.25) is 20.4 Å². The number of hydrazine groups is 1. The fourth-order valence-electron chi connectivity index (χ4n) is 2.57. The largest absolute Gasteiger partial charge is 0.507 e. The molecule has 3 aromatic carbocycles. The number of carbonyl (C=O) groups excluding carboxylic acids is 2. The van der Waals surface area contributed by atoms with Crippen molar-refractivity contribution in [2.75, 3.05) is 0 Å². The number of fused-ring (bicyclic) bond motifs is 1. The Bertz CT molecular complexity index is 921. The summed E-state index contributed by atoms with van der Waals surface area (Å²) in [7, 11) is 0. The van der Waals surface area contributed by atoms with E-state index in [4.69, 9.17) is 0 Å². The highest BCUT2D eigenvalue weighted by molar-refractivity contribution is 5.97. The van der Waals surface area contributed by atoms with Gasteiger partial charge in [0.05, 0.1) is 5.56 Å². The van der Waals surface area contributed by atoms with Crippen molar-refractivity contribution in [1.29, 1.82) is 0 Å². The maximum absolute atomic E-state index is 11.9. The zero-order chi connectivity index (χ0) is 17.6. The molecule has 126 valence electrons. The third kappa shape index (κ3) is 4.14. The van der Waals surface area contributed by atoms with Crippen molar-refractivity contribution >= 4 is 22.6 Å². The number of aromatic hydroxyl groups is 1. The SMILES string of the molecule is O=C(CCc1ccc2ccccc2c1)NNC(=O)c1ccccc1O. The van der Waals surface area contributed by atoms with E-state index in [-0.39, 0.29) is 23.6 Å². The lowest BCUT2D eigenvalue weighted by atomic mass is 10.0. The van der Waals surface area contributed by atoms with Crippen molar-refractivity contribution in [3.63, 3.8) is 0 Å². The van der Waals surface area contributed by atoms with Crippen molar-refractivity contribution in [2.45, 2.75) is 12.8 Å². The van der Waals surface area contributed by atoms with Gasteiger partial charge in [-0.05, 0) is 34.9 Å². The number of nitrogens with one attached hydrogen (secondary N) is 2. The summed E-state index contributed by atoms with van der Waals surface area (Å²) in [5.74, 6) is -0.987. The van der Waals surface area contributed by atoms with E-state index in [0.717, 1.165) is 16.3 Å². The summed E-state index contributed by atoms with van der Waals surface area (Å²) in [6.07, 6.45) is 0.822. The molecule has 0 aliphatic heterocycles. The van der Waals surface area contributed by atoms with Gasteiger partial charge in [-0.1, -0.05) is 54.6 Å². The Balaban J connectivity index is 1.52. The fourth-order valence-corrected chi connectivity index (χ4v) is 2.57. The summed E-state index contributed by atoms with van der Waals surface area (Å²) in [6, 6.07) is 20.3. The minimum absolute atomic E-state index is 0.109. The van der Waals surface area contributed by atoms with E-state index in [9.17, 15) is 14.7 Å². The normalized spacial score (nSPS) is 10.4. The van der Waals surface area contributed by atoms with Gasteiger partial charge in [0, 0.05) is 6.42 Å². The number of amides is 2. The van der Waals surface area contributed by atoms with E-state index in [1.807, 2.05) is 36.4 Å². The second kappa shape index (κ2) is 7.49. The van der Waals surface area contributed by atoms with Gasteiger partial charge in [-0.2, -0.15) is 0 Å². The molecule has 3 rings (SSSR count). The van der Waals surface area contributed by atoms with Crippen LogP contribution in [-0.2, 0) is 11.2 Å². The highest BCUT2D eigenvalue weighted by Crippen LogP contribution is 2.17. The monoisotopic (exact) mass is 334 g/mol. The van der Waals surface area contributed by atoms with Crippen molar-refractivity contribution in [3.8, 4) is 5.75 Å². The summed E-state index contributed by atoms with van der Waals surface area (Å²) in [6.45, 7) is 0. The summed E-state index contributed by atoms with van der Waals surface area (Å²) in [5.41, 5.74) is 5.84. The predicted octanol–water partition coefficient (Wildman–Crippen LogP) is 2.94. The standard InChI is InChI=1S/C20H18N2O3/c23-18-8-4-3-7-17(18)20(25)22-21-19(24)12-10-14-9-11-15-5-1-2-6-16(15)13-14/h1-9,11,13,23H,10,12H2,(H,21,24)(H,22,25). The van der Waals surface area contributed by atoms with Crippen molar-refractivity contribution in [1.82, 2.24) is 10.9 Å². The fraction of sp³-hybridized carbons (Fsp3) is 0.100. The molecule has 0 fully saturated rings. The summed E-state index contributed by atoms with van der Waals surface area (Å²) < 4.78 is 0. The zero-order valence-corrected chi connectivity index (χ0v) is 13.5. The first-order valence-corrected chi connectivity index (χ1v) is 7.98. The summed E-state index contributed by atoms with van der Waals surface area (Å²) >= 11 is 0. The van der Waals surface area contributed by atoms with E-state index >= 15 is 0 Å². The van der Waals surface area contributed by atoms with Gasteiger partial charge >= 0.3 is 0 Å². The van der Waals surface area contributed by atoms with Crippen LogP contribution in [0.5, 0.6) is 5.75 Å². The molecule has 2 amide bonds. The van der Waals surface area contributed by atoms with Crippen molar-refractivity contribution in [2.24, 2.45) is 0 Å². The molecule has 0 unspecified atom stereocenters. The van der Waals surface area contributed by atoms with Crippen molar-refractivity contribution in [3.05, 3.63) is 77.9 Å². The molecular formula is C20H18N2O3. The van der Waals surface area contributed by atoms with E-state index < -0.39 is 5.91 Å². The van der Waals surface area contributed by atoms with E-state index in [2.05, 4.69) is 16.9 Å². The Labute approximate surface area is 145 Å². The molecule has 0 aromatic heterocycles. The van der Waals surface area contributed by atoms with Crippen LogP contribution < -0.4 is 10.9 Å². The van der Waals surface area contributed by atoms with Crippen LogP contribution in [0, 0.1) is 0 Å². The van der Waals surface area contributed by atoms with E-state index in [1.54, 1.807) is 12.1 Å². The number of benzene rings is 3. The van der Waals surface area contributed by atoms with E-state index in [1.165, 1.54) is 12.1 Å². The number of aryl methyl sites for hydroxylation is 1. The number of phenols is 1. The second-order valence-electron chi connectivity index (χ2n) is 5.70. The highest BCUT2D eigenvalue weighted by Gasteiger charge is 2.11. The van der Waals surface area contributed by atoms with Crippen LogP contribution in [0.15, 0.2) is 66.7 Å². The molecule has 0 atom stereocenters. The van der Waals surface area contributed by atoms with Crippen LogP contribution in [-0.4, -0.2) is 16.9 Å². The maximum atomic E-state index is 11.9. The Morgan fingerprint density at radius 3 is 2.36 bits per heavy atom. The van der Waals surface area contributed by atoms with Crippen LogP contribution in [0.25, 0.3) is 10.8 Å². The summed E-state index contributed by atoms with van der Waals surface area (Å²) in [5, 5.41) is 11.9. The first-order chi connectivity index (χ1) is 12.1. The van der Waals surface area contributed by atoms with Gasteiger partial charge in [-0.25, -0.2) is 0 Å². The van der Waals surface area contributed by atoms with Crippen LogP contribution in [0.2, 0.25) is 0 Å². The number of phenolic OH excluding ortho intramolecular Hbond substituents is 1. The first kappa shape index (κ1) is 16.5. The molecule has 0 saturated carbocycles. The molecule has 0 saturated heterocycles. The highest BCUT2D eigenvalue weighted by atomic mass is 16.3. The van der Waals surface area contributed by atoms with E-state index in [0.29, 0.717) is 6.42 Å². The van der Waals surface area contributed by atoms with Crippen LogP contribution in [0.3, 0.4) is 0 Å². The quantitative estimate of drug-likeness (QED) is 0.642. The Kier molecular flexibility index (Phi) is 4.95. The number of rotatable bonds is 4. The molecule has 3 N–H and O–H groups in total. The maximum Gasteiger partial charge on any atom is 0.273 e. The Morgan fingerprint density at radius 2 is 1.56 bits per heavy atom. The third-order valence-corrected chi connectivity index (χ3v) is 3.92. The Hall–Kier alpha value is -3.34. The van der Waals surface area contributed by atoms with Gasteiger partial charge in [0.2, 0.25) is 5.91 Å². The average Bonchev–Trinajstić information content (AvgIpc) is 2.64. The minimum Gasteiger partial charge on any atom is -0.507 e. The molecule has 0 heterocycles. The molecule has 0 spiro atoms. The van der Waals surface area contributed by atoms with Gasteiger partial charge < -0.3 is 5.11 Å². The van der Waals surface area contributed by atoms with Gasteiger partial charge in [0.1, 0.15) is 5.75 Å². The molecule has 0 radical (unpaired) electrons. The lowest BCUT2D eigenvalue weighted by molar-refractivity contribution is -0.121. The molecular weight excluding hydrogens is 316 g/mol. The lowest BCUT2D eigenvalue weighted by Gasteiger charge is -2.08. The first-order valence-electron chi connectivity index (χ1n) is 7.98. The zero-order valence-electron chi connectivity index (χ0n) is 13.5. The van der Waals surface area contributed by atoms with Crippen LogP contribution in [0.4, 0.5) is 0 Å². The van der Waals surface area contributed by atoms with Crippen molar-refractivity contribution < 1.29 is 14.7 Å². The van der Waals surface area contributed by atoms with Gasteiger partial charge in [0.15, 0.2) is 0 Å². The second-order valence-corrected chi connectivity index (χ2v) is 5.70. The van der Waals surface area contributed by atoms with Gasteiger partial charge in [0.25, 0.3) is 5.91 Å². The molecule has 3 aromatic rings. The Morgan fingerprint density at radius 1 is 0.840 bits per heavy atom. The van der Waals surface area contributed by atoms with Crippen LogP contribution >= 0.6 is 0 Å². The van der Waals surface area contributed by atoms with Crippen LogP contribution in [0.1, 0.15) is 22.3 Å². The smallest absolute Gasteiger partial charge is 0.273 e. The minimum atomic E-state index is -0.558. The number of para-hydroxylation sites is 1. The number of carbonyl (C=O) groups is 2.